The highest BCUT2D eigenvalue weighted by atomic mass is 16.6. The molecule has 0 atom stereocenters. The van der Waals surface area contributed by atoms with Crippen molar-refractivity contribution in [2.24, 2.45) is 0 Å². The molecule has 0 saturated carbocycles. The molecule has 1 N–H and O–H groups in total. The molecule has 1 rings (SSSR count). The Kier molecular flexibility index (Phi) is 3.23. The van der Waals surface area contributed by atoms with Crippen molar-refractivity contribution in [1.82, 2.24) is 0 Å². The normalized spacial score (nSPS) is 10.4. The largest absolute Gasteiger partial charge is 0.388 e. The zero-order valence-corrected chi connectivity index (χ0v) is 8.15. The van der Waals surface area contributed by atoms with Crippen LogP contribution in [0.4, 0.5) is 11.4 Å². The Morgan fingerprint density at radius 3 is 2.71 bits per heavy atom. The number of nitrogens with zero attached hydrogens (tertiary/aromatic N) is 1. The third-order valence-corrected chi connectivity index (χ3v) is 1.86. The molecular formula is C10H12N2O2. The van der Waals surface area contributed by atoms with Gasteiger partial charge in [0.2, 0.25) is 0 Å². The number of rotatable bonds is 3. The van der Waals surface area contributed by atoms with Gasteiger partial charge in [0, 0.05) is 30.4 Å². The summed E-state index contributed by atoms with van der Waals surface area (Å²) in [5.74, 6) is 0. The molecule has 0 heterocycles. The molecule has 0 radical (unpaired) electrons. The first kappa shape index (κ1) is 10.2. The fourth-order valence-electron chi connectivity index (χ4n) is 1.21. The van der Waals surface area contributed by atoms with Gasteiger partial charge in [0.15, 0.2) is 0 Å². The summed E-state index contributed by atoms with van der Waals surface area (Å²) in [7, 11) is 1.79. The number of hydrogen-bond acceptors (Lipinski definition) is 3. The molecule has 4 nitrogen and oxygen atoms in total. The Hall–Kier alpha value is -1.84. The van der Waals surface area contributed by atoms with Crippen LogP contribution in [0.3, 0.4) is 0 Å². The SMILES string of the molecule is C/C=C/c1cc([N+](=O)[O-])ccc1NC. The number of nitro groups is 1. The molecule has 0 bridgehead atoms. The fraction of sp³-hybridized carbons (Fsp3) is 0.200. The van der Waals surface area contributed by atoms with Crippen LogP contribution in [0, 0.1) is 10.1 Å². The number of hydrogen-bond donors (Lipinski definition) is 1. The van der Waals surface area contributed by atoms with Crippen molar-refractivity contribution in [1.29, 1.82) is 0 Å². The summed E-state index contributed by atoms with van der Waals surface area (Å²) in [4.78, 5) is 10.1. The summed E-state index contributed by atoms with van der Waals surface area (Å²) < 4.78 is 0. The van der Waals surface area contributed by atoms with Crippen molar-refractivity contribution in [2.45, 2.75) is 6.92 Å². The van der Waals surface area contributed by atoms with Gasteiger partial charge in [0.05, 0.1) is 4.92 Å². The van der Waals surface area contributed by atoms with E-state index in [1.165, 1.54) is 6.07 Å². The highest BCUT2D eigenvalue weighted by molar-refractivity contribution is 5.68. The second kappa shape index (κ2) is 4.41. The molecular weight excluding hydrogens is 180 g/mol. The average Bonchev–Trinajstić information content (AvgIpc) is 2.18. The van der Waals surface area contributed by atoms with Crippen LogP contribution in [-0.2, 0) is 0 Å². The fourth-order valence-corrected chi connectivity index (χ4v) is 1.21. The topological polar surface area (TPSA) is 55.2 Å². The first-order valence-electron chi connectivity index (χ1n) is 4.28. The van der Waals surface area contributed by atoms with E-state index in [4.69, 9.17) is 0 Å². The molecule has 1 aromatic carbocycles. The highest BCUT2D eigenvalue weighted by Crippen LogP contribution is 2.22. The third kappa shape index (κ3) is 2.10. The van der Waals surface area contributed by atoms with Crippen LogP contribution in [0.2, 0.25) is 0 Å². The average molecular weight is 192 g/mol. The minimum atomic E-state index is -0.396. The molecule has 0 aliphatic heterocycles. The number of anilines is 1. The lowest BCUT2D eigenvalue weighted by molar-refractivity contribution is -0.384. The van der Waals surface area contributed by atoms with E-state index in [1.807, 2.05) is 19.1 Å². The monoisotopic (exact) mass is 192 g/mol. The van der Waals surface area contributed by atoms with E-state index < -0.39 is 4.92 Å². The Morgan fingerprint density at radius 2 is 2.21 bits per heavy atom. The number of nitro benzene ring substituents is 1. The molecule has 1 aromatic rings. The van der Waals surface area contributed by atoms with Gasteiger partial charge in [0.25, 0.3) is 5.69 Å². The maximum Gasteiger partial charge on any atom is 0.270 e. The number of non-ortho nitro benzene ring substituents is 1. The summed E-state index contributed by atoms with van der Waals surface area (Å²) in [6.07, 6.45) is 3.68. The lowest BCUT2D eigenvalue weighted by Gasteiger charge is -2.04. The van der Waals surface area contributed by atoms with E-state index in [9.17, 15) is 10.1 Å². The van der Waals surface area contributed by atoms with E-state index in [2.05, 4.69) is 5.32 Å². The molecule has 0 saturated heterocycles. The Bertz CT molecular complexity index is 372. The van der Waals surface area contributed by atoms with Crippen molar-refractivity contribution < 1.29 is 4.92 Å². The van der Waals surface area contributed by atoms with Gasteiger partial charge in [-0.1, -0.05) is 12.2 Å². The predicted molar refractivity (Wildman–Crippen MR) is 57.4 cm³/mol. The van der Waals surface area contributed by atoms with Gasteiger partial charge < -0.3 is 5.32 Å². The van der Waals surface area contributed by atoms with Gasteiger partial charge in [-0.2, -0.15) is 0 Å². The summed E-state index contributed by atoms with van der Waals surface area (Å²) in [5, 5.41) is 13.5. The first-order valence-corrected chi connectivity index (χ1v) is 4.28. The van der Waals surface area contributed by atoms with E-state index in [0.717, 1.165) is 11.3 Å². The quantitative estimate of drug-likeness (QED) is 0.591. The molecule has 0 aliphatic carbocycles. The van der Waals surface area contributed by atoms with Gasteiger partial charge in [-0.05, 0) is 13.0 Å². The van der Waals surface area contributed by atoms with Crippen molar-refractivity contribution in [3.63, 3.8) is 0 Å². The third-order valence-electron chi connectivity index (χ3n) is 1.86. The minimum absolute atomic E-state index is 0.108. The minimum Gasteiger partial charge on any atom is -0.388 e. The van der Waals surface area contributed by atoms with Crippen molar-refractivity contribution >= 4 is 17.5 Å². The van der Waals surface area contributed by atoms with Crippen LogP contribution >= 0.6 is 0 Å². The predicted octanol–water partition coefficient (Wildman–Crippen LogP) is 2.67. The van der Waals surface area contributed by atoms with Crippen LogP contribution in [0.15, 0.2) is 24.3 Å². The van der Waals surface area contributed by atoms with Crippen LogP contribution < -0.4 is 5.32 Å². The second-order valence-electron chi connectivity index (χ2n) is 2.78. The van der Waals surface area contributed by atoms with Crippen LogP contribution in [-0.4, -0.2) is 12.0 Å². The number of nitrogens with one attached hydrogen (secondary N) is 1. The molecule has 0 aliphatic rings. The zero-order chi connectivity index (χ0) is 10.6. The van der Waals surface area contributed by atoms with E-state index in [-0.39, 0.29) is 5.69 Å². The smallest absolute Gasteiger partial charge is 0.270 e. The summed E-state index contributed by atoms with van der Waals surface area (Å²) in [6, 6.07) is 4.73. The molecule has 74 valence electrons. The maximum atomic E-state index is 10.5. The van der Waals surface area contributed by atoms with Gasteiger partial charge in [-0.25, -0.2) is 0 Å². The van der Waals surface area contributed by atoms with Crippen LogP contribution in [0.25, 0.3) is 6.08 Å². The summed E-state index contributed by atoms with van der Waals surface area (Å²) >= 11 is 0. The number of benzene rings is 1. The molecule has 0 unspecified atom stereocenters. The van der Waals surface area contributed by atoms with Crippen LogP contribution in [0.1, 0.15) is 12.5 Å². The lowest BCUT2D eigenvalue weighted by atomic mass is 10.1. The van der Waals surface area contributed by atoms with Crippen LogP contribution in [0.5, 0.6) is 0 Å². The van der Waals surface area contributed by atoms with Gasteiger partial charge in [0.1, 0.15) is 0 Å². The van der Waals surface area contributed by atoms with Crippen molar-refractivity contribution in [3.05, 3.63) is 40.0 Å². The molecule has 0 amide bonds. The second-order valence-corrected chi connectivity index (χ2v) is 2.78. The standard InChI is InChI=1S/C10H12N2O2/c1-3-4-8-7-9(12(13)14)5-6-10(8)11-2/h3-7,11H,1-2H3/b4-3+. The first-order chi connectivity index (χ1) is 6.69. The molecule has 0 spiro atoms. The van der Waals surface area contributed by atoms with Gasteiger partial charge in [-0.3, -0.25) is 10.1 Å². The highest BCUT2D eigenvalue weighted by Gasteiger charge is 2.07. The molecule has 4 heteroatoms. The Balaban J connectivity index is 3.20. The molecule has 14 heavy (non-hydrogen) atoms. The molecule has 0 fully saturated rings. The molecule has 0 aromatic heterocycles. The van der Waals surface area contributed by atoms with E-state index in [0.29, 0.717) is 0 Å². The van der Waals surface area contributed by atoms with Gasteiger partial charge in [-0.15, -0.1) is 0 Å². The van der Waals surface area contributed by atoms with Gasteiger partial charge >= 0.3 is 0 Å². The van der Waals surface area contributed by atoms with Crippen molar-refractivity contribution in [2.75, 3.05) is 12.4 Å². The number of allylic oxidation sites excluding steroid dienone is 1. The Labute approximate surface area is 82.4 Å². The lowest BCUT2D eigenvalue weighted by Crippen LogP contribution is -1.94. The Morgan fingerprint density at radius 1 is 1.50 bits per heavy atom. The maximum absolute atomic E-state index is 10.5. The summed E-state index contributed by atoms with van der Waals surface area (Å²) in [5.41, 5.74) is 1.81. The van der Waals surface area contributed by atoms with E-state index >= 15 is 0 Å². The van der Waals surface area contributed by atoms with Crippen molar-refractivity contribution in [3.8, 4) is 0 Å². The van der Waals surface area contributed by atoms with E-state index in [1.54, 1.807) is 19.2 Å². The summed E-state index contributed by atoms with van der Waals surface area (Å²) in [6.45, 7) is 1.87. The zero-order valence-electron chi connectivity index (χ0n) is 8.15.